The number of nitrogens with one attached hydrogen (secondary N) is 1. The van der Waals surface area contributed by atoms with Gasteiger partial charge < -0.3 is 15.3 Å². The topological polar surface area (TPSA) is 95.4 Å². The Morgan fingerprint density at radius 3 is 2.61 bits per heavy atom. The van der Waals surface area contributed by atoms with Crippen LogP contribution in [0.4, 0.5) is 10.5 Å². The molecule has 7 nitrogen and oxygen atoms in total. The molecule has 1 aliphatic carbocycles. The molecule has 1 aromatic heterocycles. The molecule has 2 N–H and O–H groups in total. The minimum Gasteiger partial charge on any atom is -0.481 e. The fraction of sp³-hybridized carbons (Fsp3) is 0.625. The summed E-state index contributed by atoms with van der Waals surface area (Å²) >= 11 is 0. The van der Waals surface area contributed by atoms with Crippen LogP contribution in [0.25, 0.3) is 0 Å². The van der Waals surface area contributed by atoms with E-state index in [1.165, 1.54) is 12.8 Å². The molecule has 0 aromatic carbocycles. The molecule has 0 radical (unpaired) electrons. The normalized spacial score (nSPS) is 24.3. The van der Waals surface area contributed by atoms with E-state index >= 15 is 0 Å². The number of carbonyl (C=O) groups excluding carboxylic acids is 1. The van der Waals surface area contributed by atoms with Crippen molar-refractivity contribution in [3.05, 3.63) is 18.2 Å². The van der Waals surface area contributed by atoms with E-state index < -0.39 is 11.9 Å². The first-order chi connectivity index (χ1) is 11.0. The summed E-state index contributed by atoms with van der Waals surface area (Å²) in [5.41, 5.74) is 0.541. The van der Waals surface area contributed by atoms with Crippen molar-refractivity contribution in [3.63, 3.8) is 0 Å². The molecule has 2 aliphatic rings. The Balaban J connectivity index is 1.58. The van der Waals surface area contributed by atoms with E-state index in [0.29, 0.717) is 18.7 Å². The number of piperidine rings is 1. The summed E-state index contributed by atoms with van der Waals surface area (Å²) in [5, 5.41) is 11.9. The third-order valence-electron chi connectivity index (χ3n) is 4.42. The molecule has 7 heteroatoms. The van der Waals surface area contributed by atoms with Crippen molar-refractivity contribution in [3.8, 4) is 0 Å². The van der Waals surface area contributed by atoms with Gasteiger partial charge in [0, 0.05) is 19.5 Å². The predicted molar refractivity (Wildman–Crippen MR) is 84.0 cm³/mol. The van der Waals surface area contributed by atoms with E-state index in [2.05, 4.69) is 15.3 Å². The van der Waals surface area contributed by atoms with Crippen LogP contribution in [-0.4, -0.2) is 45.1 Å². The number of carboxylic acids is 1. The maximum atomic E-state index is 12.3. The quantitative estimate of drug-likeness (QED) is 0.885. The molecule has 2 heterocycles. The molecule has 1 aromatic rings. The van der Waals surface area contributed by atoms with Gasteiger partial charge in [-0.2, -0.15) is 0 Å². The first-order valence-electron chi connectivity index (χ1n) is 8.11. The highest BCUT2D eigenvalue weighted by atomic mass is 16.4. The van der Waals surface area contributed by atoms with E-state index in [1.54, 1.807) is 17.3 Å². The van der Waals surface area contributed by atoms with Crippen molar-refractivity contribution in [2.75, 3.05) is 18.4 Å². The lowest BCUT2D eigenvalue weighted by Crippen LogP contribution is -2.47. The van der Waals surface area contributed by atoms with Gasteiger partial charge in [0.05, 0.1) is 24.0 Å². The zero-order chi connectivity index (χ0) is 16.4. The van der Waals surface area contributed by atoms with E-state index in [1.807, 2.05) is 6.92 Å². The SMILES string of the molecule is CC1CC(C(=O)O)CN(C(=O)Nc2cnc(CC3CC3)nc2)C1. The maximum absolute atomic E-state index is 12.3. The van der Waals surface area contributed by atoms with Crippen molar-refractivity contribution in [2.24, 2.45) is 17.8 Å². The highest BCUT2D eigenvalue weighted by molar-refractivity contribution is 5.89. The lowest BCUT2D eigenvalue weighted by atomic mass is 9.91. The summed E-state index contributed by atoms with van der Waals surface area (Å²) in [6, 6.07) is -0.290. The second kappa shape index (κ2) is 6.52. The van der Waals surface area contributed by atoms with Crippen LogP contribution in [0.2, 0.25) is 0 Å². The zero-order valence-electron chi connectivity index (χ0n) is 13.2. The highest BCUT2D eigenvalue weighted by Crippen LogP contribution is 2.31. The molecule has 3 rings (SSSR count). The fourth-order valence-corrected chi connectivity index (χ4v) is 3.00. The molecular weight excluding hydrogens is 296 g/mol. The van der Waals surface area contributed by atoms with E-state index in [9.17, 15) is 14.7 Å². The number of hydrogen-bond donors (Lipinski definition) is 2. The van der Waals surface area contributed by atoms with Crippen LogP contribution in [0.1, 0.15) is 32.0 Å². The number of likely N-dealkylation sites (tertiary alicyclic amines) is 1. The van der Waals surface area contributed by atoms with Crippen LogP contribution in [-0.2, 0) is 11.2 Å². The second-order valence-corrected chi connectivity index (χ2v) is 6.75. The fourth-order valence-electron chi connectivity index (χ4n) is 3.00. The van der Waals surface area contributed by atoms with Gasteiger partial charge >= 0.3 is 12.0 Å². The Hall–Kier alpha value is -2.18. The summed E-state index contributed by atoms with van der Waals surface area (Å²) in [4.78, 5) is 33.6. The van der Waals surface area contributed by atoms with Crippen LogP contribution < -0.4 is 5.32 Å². The monoisotopic (exact) mass is 318 g/mol. The van der Waals surface area contributed by atoms with Crippen LogP contribution in [0.3, 0.4) is 0 Å². The first-order valence-corrected chi connectivity index (χ1v) is 8.11. The average Bonchev–Trinajstić information content (AvgIpc) is 3.32. The number of amides is 2. The molecule has 23 heavy (non-hydrogen) atoms. The van der Waals surface area contributed by atoms with Gasteiger partial charge in [-0.3, -0.25) is 4.79 Å². The molecule has 1 aliphatic heterocycles. The predicted octanol–water partition coefficient (Wildman–Crippen LogP) is 2.00. The Morgan fingerprint density at radius 2 is 2.00 bits per heavy atom. The van der Waals surface area contributed by atoms with Gasteiger partial charge in [-0.25, -0.2) is 14.8 Å². The standard InChI is InChI=1S/C16H22N4O3/c1-10-4-12(15(21)22)9-20(8-10)16(23)19-13-6-17-14(18-7-13)5-11-2-3-11/h6-7,10-12H,2-5,8-9H2,1H3,(H,19,23)(H,21,22). The minimum absolute atomic E-state index is 0.174. The summed E-state index contributed by atoms with van der Waals surface area (Å²) < 4.78 is 0. The number of anilines is 1. The van der Waals surface area contributed by atoms with E-state index in [-0.39, 0.29) is 18.5 Å². The number of hydrogen-bond acceptors (Lipinski definition) is 4. The van der Waals surface area contributed by atoms with Gasteiger partial charge in [-0.1, -0.05) is 6.92 Å². The molecule has 124 valence electrons. The van der Waals surface area contributed by atoms with Gasteiger partial charge in [-0.15, -0.1) is 0 Å². The van der Waals surface area contributed by atoms with Crippen molar-refractivity contribution in [1.29, 1.82) is 0 Å². The smallest absolute Gasteiger partial charge is 0.321 e. The molecule has 1 saturated carbocycles. The molecule has 2 atom stereocenters. The van der Waals surface area contributed by atoms with Gasteiger partial charge in [0.2, 0.25) is 0 Å². The number of aromatic nitrogens is 2. The molecule has 2 fully saturated rings. The number of nitrogens with zero attached hydrogens (tertiary/aromatic N) is 3. The average molecular weight is 318 g/mol. The molecular formula is C16H22N4O3. The molecule has 2 amide bonds. The molecule has 1 saturated heterocycles. The van der Waals surface area contributed by atoms with E-state index in [0.717, 1.165) is 18.2 Å². The number of rotatable bonds is 4. The Bertz CT molecular complexity index is 585. The number of carboxylic acid groups (broad SMARTS) is 1. The highest BCUT2D eigenvalue weighted by Gasteiger charge is 2.32. The van der Waals surface area contributed by atoms with Crippen LogP contribution in [0.15, 0.2) is 12.4 Å². The Labute approximate surface area is 135 Å². The van der Waals surface area contributed by atoms with Crippen molar-refractivity contribution >= 4 is 17.7 Å². The lowest BCUT2D eigenvalue weighted by molar-refractivity contribution is -0.143. The van der Waals surface area contributed by atoms with Gasteiger partial charge in [0.25, 0.3) is 0 Å². The van der Waals surface area contributed by atoms with Crippen LogP contribution >= 0.6 is 0 Å². The summed E-state index contributed by atoms with van der Waals surface area (Å²) in [7, 11) is 0. The zero-order valence-corrected chi connectivity index (χ0v) is 13.2. The van der Waals surface area contributed by atoms with Gasteiger partial charge in [0.15, 0.2) is 0 Å². The second-order valence-electron chi connectivity index (χ2n) is 6.75. The summed E-state index contributed by atoms with van der Waals surface area (Å²) in [5.74, 6) is 0.359. The Morgan fingerprint density at radius 1 is 1.30 bits per heavy atom. The Kier molecular flexibility index (Phi) is 4.45. The maximum Gasteiger partial charge on any atom is 0.321 e. The molecule has 0 spiro atoms. The molecule has 2 unspecified atom stereocenters. The van der Waals surface area contributed by atoms with Crippen LogP contribution in [0, 0.1) is 17.8 Å². The van der Waals surface area contributed by atoms with Gasteiger partial charge in [0.1, 0.15) is 5.82 Å². The van der Waals surface area contributed by atoms with E-state index in [4.69, 9.17) is 0 Å². The largest absolute Gasteiger partial charge is 0.481 e. The van der Waals surface area contributed by atoms with Crippen molar-refractivity contribution in [1.82, 2.24) is 14.9 Å². The summed E-state index contributed by atoms with van der Waals surface area (Å²) in [6.45, 7) is 2.77. The molecule has 0 bridgehead atoms. The third kappa shape index (κ3) is 4.18. The third-order valence-corrected chi connectivity index (χ3v) is 4.42. The minimum atomic E-state index is -0.845. The van der Waals surface area contributed by atoms with Gasteiger partial charge in [-0.05, 0) is 31.1 Å². The van der Waals surface area contributed by atoms with Crippen LogP contribution in [0.5, 0.6) is 0 Å². The number of urea groups is 1. The summed E-state index contributed by atoms with van der Waals surface area (Å²) in [6.07, 6.45) is 7.24. The van der Waals surface area contributed by atoms with Crippen molar-refractivity contribution in [2.45, 2.75) is 32.6 Å². The van der Waals surface area contributed by atoms with Crippen molar-refractivity contribution < 1.29 is 14.7 Å². The first kappa shape index (κ1) is 15.7. The lowest BCUT2D eigenvalue weighted by Gasteiger charge is -2.34. The number of carbonyl (C=O) groups is 2. The number of aliphatic carboxylic acids is 1.